The molecule has 0 radical (unpaired) electrons. The van der Waals surface area contributed by atoms with Gasteiger partial charge >= 0.3 is 0 Å². The first-order chi connectivity index (χ1) is 14.9. The number of aryl methyl sites for hydroxylation is 1. The standard InChI is InChI=1S/C23H24N4O3S/c1-16-15-25-21(27-12-2-3-13-27)14-18(16)23(9-10-23)22(28)26-31(29,30)20-8-4-7-19-17(20)6-5-11-24-19/h4-8,11,14-15H,2-3,9-10,12-13H2,1H3,(H,26,28). The summed E-state index contributed by atoms with van der Waals surface area (Å²) in [5.74, 6) is 0.384. The molecule has 3 heterocycles. The number of fused-ring (bicyclic) bond motifs is 1. The van der Waals surface area contributed by atoms with Crippen LogP contribution in [0.5, 0.6) is 0 Å². The highest BCUT2D eigenvalue weighted by Crippen LogP contribution is 2.50. The first kappa shape index (κ1) is 19.9. The van der Waals surface area contributed by atoms with Gasteiger partial charge in [-0.3, -0.25) is 9.78 Å². The molecule has 31 heavy (non-hydrogen) atoms. The van der Waals surface area contributed by atoms with Crippen molar-refractivity contribution in [2.45, 2.75) is 42.9 Å². The van der Waals surface area contributed by atoms with Crippen molar-refractivity contribution in [3.63, 3.8) is 0 Å². The van der Waals surface area contributed by atoms with E-state index in [4.69, 9.17) is 0 Å². The van der Waals surface area contributed by atoms with Crippen LogP contribution in [0.3, 0.4) is 0 Å². The molecule has 1 saturated heterocycles. The second-order valence-electron chi connectivity index (χ2n) is 8.39. The third-order valence-corrected chi connectivity index (χ3v) is 7.73. The molecule has 3 aromatic rings. The van der Waals surface area contributed by atoms with Crippen LogP contribution >= 0.6 is 0 Å². The number of benzene rings is 1. The maximum Gasteiger partial charge on any atom is 0.264 e. The predicted molar refractivity (Wildman–Crippen MR) is 118 cm³/mol. The Bertz CT molecular complexity index is 1270. The number of rotatable bonds is 5. The lowest BCUT2D eigenvalue weighted by molar-refractivity contribution is -0.121. The molecule has 2 aliphatic rings. The zero-order valence-corrected chi connectivity index (χ0v) is 18.2. The van der Waals surface area contributed by atoms with E-state index in [0.717, 1.165) is 42.9 Å². The van der Waals surface area contributed by atoms with Gasteiger partial charge < -0.3 is 4.90 Å². The fourth-order valence-corrected chi connectivity index (χ4v) is 5.74. The van der Waals surface area contributed by atoms with E-state index in [1.54, 1.807) is 36.7 Å². The van der Waals surface area contributed by atoms with Gasteiger partial charge in [-0.1, -0.05) is 6.07 Å². The highest BCUT2D eigenvalue weighted by molar-refractivity contribution is 7.90. The van der Waals surface area contributed by atoms with Crippen LogP contribution in [0.1, 0.15) is 36.8 Å². The molecule has 1 N–H and O–H groups in total. The number of aromatic nitrogens is 2. The Morgan fingerprint density at radius 2 is 1.87 bits per heavy atom. The van der Waals surface area contributed by atoms with Gasteiger partial charge in [0.2, 0.25) is 5.91 Å². The SMILES string of the molecule is Cc1cnc(N2CCCC2)cc1C1(C(=O)NS(=O)(=O)c2cccc3ncccc23)CC1. The van der Waals surface area contributed by atoms with E-state index < -0.39 is 21.3 Å². The van der Waals surface area contributed by atoms with Crippen LogP contribution in [0.2, 0.25) is 0 Å². The molecule has 1 aromatic carbocycles. The molecular formula is C23H24N4O3S. The first-order valence-electron chi connectivity index (χ1n) is 10.5. The van der Waals surface area contributed by atoms with Crippen molar-refractivity contribution < 1.29 is 13.2 Å². The van der Waals surface area contributed by atoms with Crippen LogP contribution in [-0.4, -0.2) is 37.4 Å². The van der Waals surface area contributed by atoms with Crippen LogP contribution in [0, 0.1) is 6.92 Å². The molecule has 1 saturated carbocycles. The summed E-state index contributed by atoms with van der Waals surface area (Å²) in [4.78, 5) is 24.3. The maximum absolute atomic E-state index is 13.3. The lowest BCUT2D eigenvalue weighted by atomic mass is 9.92. The van der Waals surface area contributed by atoms with E-state index in [-0.39, 0.29) is 4.90 Å². The Labute approximate surface area is 181 Å². The average molecular weight is 437 g/mol. The summed E-state index contributed by atoms with van der Waals surface area (Å²) in [6, 6.07) is 10.2. The molecule has 0 spiro atoms. The fourth-order valence-electron chi connectivity index (χ4n) is 4.48. The summed E-state index contributed by atoms with van der Waals surface area (Å²) in [5.41, 5.74) is 1.52. The van der Waals surface area contributed by atoms with E-state index in [0.29, 0.717) is 23.7 Å². The number of pyridine rings is 2. The molecule has 1 aliphatic heterocycles. The van der Waals surface area contributed by atoms with E-state index >= 15 is 0 Å². The maximum atomic E-state index is 13.3. The first-order valence-corrected chi connectivity index (χ1v) is 12.0. The zero-order chi connectivity index (χ0) is 21.6. The monoisotopic (exact) mass is 436 g/mol. The van der Waals surface area contributed by atoms with E-state index in [9.17, 15) is 13.2 Å². The number of carbonyl (C=O) groups excluding carboxylic acids is 1. The number of carbonyl (C=O) groups is 1. The minimum absolute atomic E-state index is 0.0615. The van der Waals surface area contributed by atoms with Gasteiger partial charge in [-0.25, -0.2) is 18.1 Å². The number of sulfonamides is 1. The lowest BCUT2D eigenvalue weighted by Gasteiger charge is -2.22. The summed E-state index contributed by atoms with van der Waals surface area (Å²) in [5, 5.41) is 0.492. The van der Waals surface area contributed by atoms with Gasteiger partial charge in [-0.15, -0.1) is 0 Å². The Morgan fingerprint density at radius 1 is 1.10 bits per heavy atom. The smallest absolute Gasteiger partial charge is 0.264 e. The molecular weight excluding hydrogens is 412 g/mol. The van der Waals surface area contributed by atoms with Crippen molar-refractivity contribution in [3.8, 4) is 0 Å². The second kappa shape index (κ2) is 7.30. The van der Waals surface area contributed by atoms with Gasteiger partial charge in [0, 0.05) is 30.9 Å². The number of anilines is 1. The summed E-state index contributed by atoms with van der Waals surface area (Å²) in [7, 11) is -4.04. The zero-order valence-electron chi connectivity index (χ0n) is 17.3. The summed E-state index contributed by atoms with van der Waals surface area (Å²) < 4.78 is 28.6. The molecule has 2 fully saturated rings. The number of hydrogen-bond donors (Lipinski definition) is 1. The van der Waals surface area contributed by atoms with Crippen molar-refractivity contribution in [1.82, 2.24) is 14.7 Å². The van der Waals surface area contributed by atoms with Crippen molar-refractivity contribution in [2.24, 2.45) is 0 Å². The summed E-state index contributed by atoms with van der Waals surface area (Å²) in [6.07, 6.45) is 6.91. The number of nitrogens with zero attached hydrogens (tertiary/aromatic N) is 3. The minimum atomic E-state index is -4.04. The molecule has 160 valence electrons. The Balaban J connectivity index is 1.47. The average Bonchev–Trinajstić information content (AvgIpc) is 3.39. The molecule has 0 bridgehead atoms. The fraction of sp³-hybridized carbons (Fsp3) is 0.348. The lowest BCUT2D eigenvalue weighted by Crippen LogP contribution is -2.39. The molecule has 1 aliphatic carbocycles. The Hall–Kier alpha value is -3.00. The Kier molecular flexibility index (Phi) is 4.69. The molecule has 8 heteroatoms. The third kappa shape index (κ3) is 3.44. The van der Waals surface area contributed by atoms with E-state index in [1.165, 1.54) is 6.07 Å². The van der Waals surface area contributed by atoms with Gasteiger partial charge in [-0.2, -0.15) is 0 Å². The molecule has 0 unspecified atom stereocenters. The molecule has 0 atom stereocenters. The van der Waals surface area contributed by atoms with E-state index in [1.807, 2.05) is 13.0 Å². The molecule has 7 nitrogen and oxygen atoms in total. The number of nitrogens with one attached hydrogen (secondary N) is 1. The van der Waals surface area contributed by atoms with Crippen molar-refractivity contribution in [2.75, 3.05) is 18.0 Å². The van der Waals surface area contributed by atoms with Gasteiger partial charge in [0.15, 0.2) is 0 Å². The number of amides is 1. The summed E-state index contributed by atoms with van der Waals surface area (Å²) >= 11 is 0. The van der Waals surface area contributed by atoms with Gasteiger partial charge in [0.1, 0.15) is 5.82 Å². The molecule has 5 rings (SSSR count). The topological polar surface area (TPSA) is 92.3 Å². The van der Waals surface area contributed by atoms with Crippen LogP contribution < -0.4 is 9.62 Å². The largest absolute Gasteiger partial charge is 0.357 e. The summed E-state index contributed by atoms with van der Waals surface area (Å²) in [6.45, 7) is 3.84. The quantitative estimate of drug-likeness (QED) is 0.661. The highest BCUT2D eigenvalue weighted by Gasteiger charge is 2.53. The van der Waals surface area contributed by atoms with E-state index in [2.05, 4.69) is 19.6 Å². The van der Waals surface area contributed by atoms with Crippen LogP contribution in [0.25, 0.3) is 10.9 Å². The normalized spacial score (nSPS) is 17.6. The van der Waals surface area contributed by atoms with Gasteiger partial charge in [0.05, 0.1) is 15.8 Å². The van der Waals surface area contributed by atoms with Gasteiger partial charge in [-0.05, 0) is 74.1 Å². The van der Waals surface area contributed by atoms with Crippen LogP contribution in [-0.2, 0) is 20.2 Å². The highest BCUT2D eigenvalue weighted by atomic mass is 32.2. The molecule has 1 amide bonds. The number of hydrogen-bond acceptors (Lipinski definition) is 6. The molecule has 2 aromatic heterocycles. The second-order valence-corrected chi connectivity index (χ2v) is 10.0. The predicted octanol–water partition coefficient (Wildman–Crippen LogP) is 3.08. The van der Waals surface area contributed by atoms with Crippen molar-refractivity contribution in [1.29, 1.82) is 0 Å². The van der Waals surface area contributed by atoms with Gasteiger partial charge in [0.25, 0.3) is 10.0 Å². The van der Waals surface area contributed by atoms with Crippen molar-refractivity contribution in [3.05, 3.63) is 59.9 Å². The van der Waals surface area contributed by atoms with Crippen LogP contribution in [0.15, 0.2) is 53.7 Å². The Morgan fingerprint density at radius 3 is 2.61 bits per heavy atom. The van der Waals surface area contributed by atoms with Crippen molar-refractivity contribution >= 4 is 32.7 Å². The van der Waals surface area contributed by atoms with Crippen LogP contribution in [0.4, 0.5) is 5.82 Å². The third-order valence-electron chi connectivity index (χ3n) is 6.34. The minimum Gasteiger partial charge on any atom is -0.357 e.